The quantitative estimate of drug-likeness (QED) is 0.867. The molecule has 0 bridgehead atoms. The molecule has 0 unspecified atom stereocenters. The van der Waals surface area contributed by atoms with Gasteiger partial charge in [-0.3, -0.25) is 4.79 Å². The predicted molar refractivity (Wildman–Crippen MR) is 56.7 cm³/mol. The molecule has 0 atom stereocenters. The molecule has 6 heteroatoms. The summed E-state index contributed by atoms with van der Waals surface area (Å²) in [4.78, 5) is 15.1. The summed E-state index contributed by atoms with van der Waals surface area (Å²) in [6.45, 7) is 0.537. The molecule has 13 heavy (non-hydrogen) atoms. The van der Waals surface area contributed by atoms with Gasteiger partial charge in [0.25, 0.3) is 0 Å². The average molecular weight is 264 g/mol. The van der Waals surface area contributed by atoms with E-state index in [1.165, 1.54) is 11.3 Å². The zero-order valence-electron chi connectivity index (χ0n) is 6.92. The smallest absolute Gasteiger partial charge is 0.226 e. The van der Waals surface area contributed by atoms with Crippen molar-refractivity contribution in [2.45, 2.75) is 12.8 Å². The zero-order chi connectivity index (χ0) is 9.68. The summed E-state index contributed by atoms with van der Waals surface area (Å²) in [5.41, 5.74) is 5.27. The van der Waals surface area contributed by atoms with Crippen LogP contribution in [-0.4, -0.2) is 17.4 Å². The molecule has 0 aromatic carbocycles. The van der Waals surface area contributed by atoms with Gasteiger partial charge in [0, 0.05) is 6.42 Å². The van der Waals surface area contributed by atoms with E-state index in [-0.39, 0.29) is 5.91 Å². The maximum atomic E-state index is 11.2. The highest BCUT2D eigenvalue weighted by molar-refractivity contribution is 9.11. The highest BCUT2D eigenvalue weighted by Gasteiger charge is 2.04. The van der Waals surface area contributed by atoms with Gasteiger partial charge in [0.05, 0.1) is 9.98 Å². The normalized spacial score (nSPS) is 10.0. The molecule has 0 aliphatic carbocycles. The number of aromatic nitrogens is 1. The summed E-state index contributed by atoms with van der Waals surface area (Å²) in [5.74, 6) is -0.0349. The molecule has 1 aromatic heterocycles. The maximum Gasteiger partial charge on any atom is 0.226 e. The van der Waals surface area contributed by atoms with Gasteiger partial charge in [0.2, 0.25) is 5.91 Å². The van der Waals surface area contributed by atoms with Gasteiger partial charge in [-0.1, -0.05) is 11.3 Å². The van der Waals surface area contributed by atoms with Crippen LogP contribution in [0.5, 0.6) is 0 Å². The minimum atomic E-state index is -0.0349. The van der Waals surface area contributed by atoms with Gasteiger partial charge in [0.15, 0.2) is 5.13 Å². The highest BCUT2D eigenvalue weighted by Crippen LogP contribution is 2.23. The van der Waals surface area contributed by atoms with Crippen LogP contribution in [0.25, 0.3) is 0 Å². The zero-order valence-corrected chi connectivity index (χ0v) is 9.32. The third-order valence-electron chi connectivity index (χ3n) is 1.33. The number of anilines is 1. The van der Waals surface area contributed by atoms with Crippen LogP contribution in [0.3, 0.4) is 0 Å². The van der Waals surface area contributed by atoms with E-state index in [2.05, 4.69) is 26.2 Å². The second-order valence-electron chi connectivity index (χ2n) is 2.41. The molecule has 0 radical (unpaired) electrons. The largest absolute Gasteiger partial charge is 0.330 e. The second kappa shape index (κ2) is 5.31. The van der Waals surface area contributed by atoms with E-state index in [0.717, 1.165) is 3.79 Å². The van der Waals surface area contributed by atoms with E-state index in [1.54, 1.807) is 6.20 Å². The SMILES string of the molecule is NCCCC(=O)Nc1ncc(Br)s1. The van der Waals surface area contributed by atoms with E-state index in [1.807, 2.05) is 0 Å². The van der Waals surface area contributed by atoms with E-state index in [0.29, 0.717) is 24.5 Å². The van der Waals surface area contributed by atoms with Crippen LogP contribution in [0.1, 0.15) is 12.8 Å². The van der Waals surface area contributed by atoms with Gasteiger partial charge in [0.1, 0.15) is 0 Å². The lowest BCUT2D eigenvalue weighted by Crippen LogP contribution is -2.13. The van der Waals surface area contributed by atoms with E-state index in [9.17, 15) is 4.79 Å². The van der Waals surface area contributed by atoms with Gasteiger partial charge >= 0.3 is 0 Å². The molecule has 1 heterocycles. The van der Waals surface area contributed by atoms with Crippen LogP contribution in [0.4, 0.5) is 5.13 Å². The number of hydrogen-bond acceptors (Lipinski definition) is 4. The fraction of sp³-hybridized carbons (Fsp3) is 0.429. The monoisotopic (exact) mass is 263 g/mol. The summed E-state index contributed by atoms with van der Waals surface area (Å²) in [7, 11) is 0. The van der Waals surface area contributed by atoms with Crippen molar-refractivity contribution in [3.63, 3.8) is 0 Å². The van der Waals surface area contributed by atoms with Crippen LogP contribution in [0, 0.1) is 0 Å². The molecule has 0 saturated carbocycles. The van der Waals surface area contributed by atoms with Crippen molar-refractivity contribution >= 4 is 38.3 Å². The van der Waals surface area contributed by atoms with Crippen molar-refractivity contribution < 1.29 is 4.79 Å². The Morgan fingerprint density at radius 1 is 1.77 bits per heavy atom. The highest BCUT2D eigenvalue weighted by atomic mass is 79.9. The Hall–Kier alpha value is -0.460. The fourth-order valence-corrected chi connectivity index (χ4v) is 1.88. The van der Waals surface area contributed by atoms with Crippen LogP contribution < -0.4 is 11.1 Å². The molecule has 0 saturated heterocycles. The van der Waals surface area contributed by atoms with Crippen LogP contribution in [0.15, 0.2) is 9.98 Å². The lowest BCUT2D eigenvalue weighted by Gasteiger charge is -1.98. The lowest BCUT2D eigenvalue weighted by atomic mass is 10.3. The van der Waals surface area contributed by atoms with Crippen LogP contribution >= 0.6 is 27.3 Å². The van der Waals surface area contributed by atoms with Crippen molar-refractivity contribution in [1.82, 2.24) is 4.98 Å². The Labute approximate surface area is 88.7 Å². The third kappa shape index (κ3) is 3.84. The van der Waals surface area contributed by atoms with E-state index < -0.39 is 0 Å². The number of carbonyl (C=O) groups is 1. The number of nitrogens with zero attached hydrogens (tertiary/aromatic N) is 1. The molecular weight excluding hydrogens is 254 g/mol. The first kappa shape index (κ1) is 10.6. The second-order valence-corrected chi connectivity index (χ2v) is 4.82. The van der Waals surface area contributed by atoms with Gasteiger partial charge in [-0.2, -0.15) is 0 Å². The molecule has 3 N–H and O–H groups in total. The summed E-state index contributed by atoms with van der Waals surface area (Å²) in [5, 5.41) is 3.30. The molecule has 0 spiro atoms. The first-order valence-electron chi connectivity index (χ1n) is 3.83. The third-order valence-corrected chi connectivity index (χ3v) is 2.72. The topological polar surface area (TPSA) is 68.0 Å². The predicted octanol–water partition coefficient (Wildman–Crippen LogP) is 1.58. The summed E-state index contributed by atoms with van der Waals surface area (Å²) < 4.78 is 0.904. The van der Waals surface area contributed by atoms with Gasteiger partial charge < -0.3 is 11.1 Å². The number of nitrogens with one attached hydrogen (secondary N) is 1. The van der Waals surface area contributed by atoms with Gasteiger partial charge in [-0.05, 0) is 28.9 Å². The average Bonchev–Trinajstić information content (AvgIpc) is 2.48. The molecule has 0 aliphatic rings. The number of halogens is 1. The molecule has 1 rings (SSSR count). The Bertz CT molecular complexity index is 289. The maximum absolute atomic E-state index is 11.2. The molecule has 4 nitrogen and oxygen atoms in total. The number of thiazole rings is 1. The number of carbonyl (C=O) groups excluding carboxylic acids is 1. The van der Waals surface area contributed by atoms with Crippen molar-refractivity contribution in [3.05, 3.63) is 9.98 Å². The lowest BCUT2D eigenvalue weighted by molar-refractivity contribution is -0.116. The van der Waals surface area contributed by atoms with Crippen molar-refractivity contribution in [2.24, 2.45) is 5.73 Å². The Balaban J connectivity index is 2.36. The summed E-state index contributed by atoms with van der Waals surface area (Å²) >= 11 is 4.65. The number of rotatable bonds is 4. The van der Waals surface area contributed by atoms with Crippen molar-refractivity contribution in [1.29, 1.82) is 0 Å². The van der Waals surface area contributed by atoms with Gasteiger partial charge in [-0.25, -0.2) is 4.98 Å². The minimum absolute atomic E-state index is 0.0349. The van der Waals surface area contributed by atoms with E-state index in [4.69, 9.17) is 5.73 Å². The van der Waals surface area contributed by atoms with Crippen molar-refractivity contribution in [2.75, 3.05) is 11.9 Å². The minimum Gasteiger partial charge on any atom is -0.330 e. The Morgan fingerprint density at radius 3 is 3.08 bits per heavy atom. The molecule has 0 aliphatic heterocycles. The first-order valence-corrected chi connectivity index (χ1v) is 5.44. The summed E-state index contributed by atoms with van der Waals surface area (Å²) in [6.07, 6.45) is 2.81. The number of hydrogen-bond donors (Lipinski definition) is 2. The molecule has 1 amide bonds. The van der Waals surface area contributed by atoms with Crippen LogP contribution in [0.2, 0.25) is 0 Å². The Morgan fingerprint density at radius 2 is 2.54 bits per heavy atom. The standard InChI is InChI=1S/C7H10BrN3OS/c8-5-4-10-7(13-5)11-6(12)2-1-3-9/h4H,1-3,9H2,(H,10,11,12). The first-order chi connectivity index (χ1) is 6.22. The molecule has 0 fully saturated rings. The fourth-order valence-electron chi connectivity index (χ4n) is 0.757. The molecule has 72 valence electrons. The Kier molecular flexibility index (Phi) is 4.34. The molecular formula is C7H10BrN3OS. The van der Waals surface area contributed by atoms with Gasteiger partial charge in [-0.15, -0.1) is 0 Å². The summed E-state index contributed by atoms with van der Waals surface area (Å²) in [6, 6.07) is 0. The number of amides is 1. The molecule has 1 aromatic rings. The van der Waals surface area contributed by atoms with E-state index >= 15 is 0 Å². The van der Waals surface area contributed by atoms with Crippen molar-refractivity contribution in [3.8, 4) is 0 Å². The number of nitrogens with two attached hydrogens (primary N) is 1. The van der Waals surface area contributed by atoms with Crippen LogP contribution in [-0.2, 0) is 4.79 Å².